The Balaban J connectivity index is 2.01. The molecule has 0 radical (unpaired) electrons. The highest BCUT2D eigenvalue weighted by Crippen LogP contribution is 2.02. The summed E-state index contributed by atoms with van der Waals surface area (Å²) in [7, 11) is 0. The molecule has 0 bridgehead atoms. The third kappa shape index (κ3) is 6.00. The van der Waals surface area contributed by atoms with Crippen molar-refractivity contribution in [1.82, 2.24) is 10.2 Å². The maximum atomic E-state index is 5.61. The summed E-state index contributed by atoms with van der Waals surface area (Å²) >= 11 is 5.61. The van der Waals surface area contributed by atoms with Gasteiger partial charge >= 0.3 is 0 Å². The molecular weight excluding hydrogens is 228 g/mol. The zero-order valence-corrected chi connectivity index (χ0v) is 10.2. The van der Waals surface area contributed by atoms with Gasteiger partial charge in [0.1, 0.15) is 0 Å². The summed E-state index contributed by atoms with van der Waals surface area (Å²) in [5, 5.41) is 8.00. The van der Waals surface area contributed by atoms with Gasteiger partial charge in [0.15, 0.2) is 5.15 Å². The smallest absolute Gasteiger partial charge is 0.151 e. The van der Waals surface area contributed by atoms with E-state index in [1.807, 2.05) is 0 Å². The van der Waals surface area contributed by atoms with E-state index in [0.29, 0.717) is 25.0 Å². The molecule has 0 saturated carbocycles. The van der Waals surface area contributed by atoms with Crippen LogP contribution in [0.15, 0.2) is 12.1 Å². The van der Waals surface area contributed by atoms with E-state index in [0.717, 1.165) is 25.1 Å². The lowest BCUT2D eigenvalue weighted by Crippen LogP contribution is -2.06. The van der Waals surface area contributed by atoms with Crippen LogP contribution in [-0.2, 0) is 16.1 Å². The highest BCUT2D eigenvalue weighted by molar-refractivity contribution is 6.29. The van der Waals surface area contributed by atoms with Crippen LogP contribution in [-0.4, -0.2) is 30.0 Å². The molecule has 0 aromatic carbocycles. The highest BCUT2D eigenvalue weighted by Gasteiger charge is 1.96. The number of rotatable bonds is 8. The van der Waals surface area contributed by atoms with Gasteiger partial charge in [-0.2, -0.15) is 5.10 Å². The van der Waals surface area contributed by atoms with E-state index < -0.39 is 0 Å². The molecule has 0 unspecified atom stereocenters. The summed E-state index contributed by atoms with van der Waals surface area (Å²) in [5.74, 6) is 0. The molecule has 1 rings (SSSR count). The molecule has 0 aliphatic rings. The Bertz CT molecular complexity index is 280. The normalized spacial score (nSPS) is 10.6. The minimum Gasteiger partial charge on any atom is -0.379 e. The molecule has 0 amide bonds. The number of aromatic nitrogens is 2. The summed E-state index contributed by atoms with van der Waals surface area (Å²) in [6.07, 6.45) is 2.25. The molecule has 1 aromatic heterocycles. The zero-order valence-electron chi connectivity index (χ0n) is 9.49. The van der Waals surface area contributed by atoms with Crippen molar-refractivity contribution in [1.29, 1.82) is 0 Å². The number of nitrogens with zero attached hydrogens (tertiary/aromatic N) is 2. The lowest BCUT2D eigenvalue weighted by atomic mass is 10.4. The average molecular weight is 245 g/mol. The topological polar surface area (TPSA) is 44.2 Å². The Morgan fingerprint density at radius 2 is 1.94 bits per heavy atom. The summed E-state index contributed by atoms with van der Waals surface area (Å²) in [4.78, 5) is 0. The van der Waals surface area contributed by atoms with Crippen molar-refractivity contribution in [3.05, 3.63) is 23.0 Å². The van der Waals surface area contributed by atoms with Crippen molar-refractivity contribution in [3.8, 4) is 0 Å². The lowest BCUT2D eigenvalue weighted by Gasteiger charge is -2.04. The second kappa shape index (κ2) is 8.44. The van der Waals surface area contributed by atoms with E-state index in [2.05, 4.69) is 17.1 Å². The second-order valence-electron chi connectivity index (χ2n) is 3.37. The summed E-state index contributed by atoms with van der Waals surface area (Å²) < 4.78 is 10.7. The standard InChI is InChI=1S/C11H17ClN2O2/c1-2-3-6-15-7-8-16-9-10-4-5-11(12)14-13-10/h4-5H,2-3,6-9H2,1H3. The lowest BCUT2D eigenvalue weighted by molar-refractivity contribution is 0.0384. The Morgan fingerprint density at radius 1 is 1.12 bits per heavy atom. The number of hydrogen-bond acceptors (Lipinski definition) is 4. The average Bonchev–Trinajstić information content (AvgIpc) is 2.30. The van der Waals surface area contributed by atoms with Gasteiger partial charge in [-0.25, -0.2) is 0 Å². The van der Waals surface area contributed by atoms with Gasteiger partial charge in [-0.05, 0) is 18.6 Å². The highest BCUT2D eigenvalue weighted by atomic mass is 35.5. The van der Waals surface area contributed by atoms with Gasteiger partial charge in [-0.15, -0.1) is 5.10 Å². The third-order valence-electron chi connectivity index (χ3n) is 1.95. The number of ether oxygens (including phenoxy) is 2. The molecule has 0 saturated heterocycles. The molecule has 5 heteroatoms. The predicted octanol–water partition coefficient (Wildman–Crippen LogP) is 2.46. The molecule has 0 atom stereocenters. The van der Waals surface area contributed by atoms with Crippen LogP contribution in [0.2, 0.25) is 5.15 Å². The van der Waals surface area contributed by atoms with Crippen molar-refractivity contribution in [2.24, 2.45) is 0 Å². The van der Waals surface area contributed by atoms with Crippen LogP contribution in [0, 0.1) is 0 Å². The first-order chi connectivity index (χ1) is 7.83. The van der Waals surface area contributed by atoms with E-state index in [-0.39, 0.29) is 0 Å². The summed E-state index contributed by atoms with van der Waals surface area (Å²) in [6, 6.07) is 3.50. The molecule has 1 heterocycles. The second-order valence-corrected chi connectivity index (χ2v) is 3.75. The van der Waals surface area contributed by atoms with E-state index in [1.165, 1.54) is 0 Å². The van der Waals surface area contributed by atoms with E-state index in [9.17, 15) is 0 Å². The van der Waals surface area contributed by atoms with Gasteiger partial charge in [0.25, 0.3) is 0 Å². The molecule has 0 aliphatic heterocycles. The first-order valence-electron chi connectivity index (χ1n) is 5.46. The Hall–Kier alpha value is -0.710. The molecule has 16 heavy (non-hydrogen) atoms. The van der Waals surface area contributed by atoms with Crippen LogP contribution in [0.5, 0.6) is 0 Å². The third-order valence-corrected chi connectivity index (χ3v) is 2.15. The Morgan fingerprint density at radius 3 is 2.62 bits per heavy atom. The predicted molar refractivity (Wildman–Crippen MR) is 62.4 cm³/mol. The van der Waals surface area contributed by atoms with Crippen molar-refractivity contribution >= 4 is 11.6 Å². The van der Waals surface area contributed by atoms with Gasteiger partial charge in [0, 0.05) is 6.61 Å². The quantitative estimate of drug-likeness (QED) is 0.659. The first kappa shape index (κ1) is 13.4. The van der Waals surface area contributed by atoms with Crippen molar-refractivity contribution < 1.29 is 9.47 Å². The molecule has 4 nitrogen and oxygen atoms in total. The fourth-order valence-electron chi connectivity index (χ4n) is 1.06. The molecule has 0 N–H and O–H groups in total. The minimum atomic E-state index is 0.395. The summed E-state index contributed by atoms with van der Waals surface area (Å²) in [6.45, 7) is 4.59. The monoisotopic (exact) mass is 244 g/mol. The first-order valence-corrected chi connectivity index (χ1v) is 5.84. The zero-order chi connectivity index (χ0) is 11.6. The van der Waals surface area contributed by atoms with Gasteiger partial charge < -0.3 is 9.47 Å². The SMILES string of the molecule is CCCCOCCOCc1ccc(Cl)nn1. The van der Waals surface area contributed by atoms with E-state index in [4.69, 9.17) is 21.1 Å². The van der Waals surface area contributed by atoms with Gasteiger partial charge in [-0.3, -0.25) is 0 Å². The van der Waals surface area contributed by atoms with Crippen molar-refractivity contribution in [2.75, 3.05) is 19.8 Å². The molecule has 1 aromatic rings. The van der Waals surface area contributed by atoms with Crippen LogP contribution < -0.4 is 0 Å². The maximum Gasteiger partial charge on any atom is 0.151 e. The van der Waals surface area contributed by atoms with Crippen molar-refractivity contribution in [3.63, 3.8) is 0 Å². The number of hydrogen-bond donors (Lipinski definition) is 0. The molecular formula is C11H17ClN2O2. The van der Waals surface area contributed by atoms with Crippen LogP contribution in [0.4, 0.5) is 0 Å². The molecule has 90 valence electrons. The van der Waals surface area contributed by atoms with Crippen molar-refractivity contribution in [2.45, 2.75) is 26.4 Å². The largest absolute Gasteiger partial charge is 0.379 e. The van der Waals surface area contributed by atoms with Crippen LogP contribution >= 0.6 is 11.6 Å². The van der Waals surface area contributed by atoms with Crippen LogP contribution in [0.25, 0.3) is 0 Å². The van der Waals surface area contributed by atoms with Gasteiger partial charge in [0.05, 0.1) is 25.5 Å². The maximum absolute atomic E-state index is 5.61. The van der Waals surface area contributed by atoms with Crippen LogP contribution in [0.1, 0.15) is 25.5 Å². The van der Waals surface area contributed by atoms with E-state index >= 15 is 0 Å². The fourth-order valence-corrected chi connectivity index (χ4v) is 1.16. The number of halogens is 1. The summed E-state index contributed by atoms with van der Waals surface area (Å²) in [5.41, 5.74) is 0.776. The molecule has 0 spiro atoms. The van der Waals surface area contributed by atoms with Crippen LogP contribution in [0.3, 0.4) is 0 Å². The van der Waals surface area contributed by atoms with Gasteiger partial charge in [0.2, 0.25) is 0 Å². The van der Waals surface area contributed by atoms with E-state index in [1.54, 1.807) is 12.1 Å². The van der Waals surface area contributed by atoms with Gasteiger partial charge in [-0.1, -0.05) is 24.9 Å². The minimum absolute atomic E-state index is 0.395. The molecule has 0 aliphatic carbocycles. The Kier molecular flexibility index (Phi) is 7.05. The number of unbranched alkanes of at least 4 members (excludes halogenated alkanes) is 1. The Labute approximate surface area is 101 Å². The fraction of sp³-hybridized carbons (Fsp3) is 0.636. The molecule has 0 fully saturated rings.